The molecule has 0 saturated carbocycles. The third-order valence-corrected chi connectivity index (χ3v) is 1.04. The molecule has 8 heavy (non-hydrogen) atoms. The fourth-order valence-corrected chi connectivity index (χ4v) is 0.611. The molecule has 1 atom stereocenters. The number of fused-ring (bicyclic) bond motifs is 1. The Labute approximate surface area is 44.2 Å². The van der Waals surface area contributed by atoms with E-state index in [0.29, 0.717) is 0 Å². The van der Waals surface area contributed by atoms with Gasteiger partial charge in [-0.3, -0.25) is 10.1 Å². The number of urea groups is 1. The highest BCUT2D eigenvalue weighted by Crippen LogP contribution is 2.24. The number of carbonyl (C=O) groups excluding carboxylic acids is 2. The van der Waals surface area contributed by atoms with Gasteiger partial charge in [0.15, 0.2) is 0 Å². The third kappa shape index (κ3) is 0.261. The minimum Gasteiger partial charge on any atom is -0.272 e. The van der Waals surface area contributed by atoms with Crippen LogP contribution in [-0.4, -0.2) is 23.2 Å². The van der Waals surface area contributed by atoms with Gasteiger partial charge in [-0.1, -0.05) is 0 Å². The van der Waals surface area contributed by atoms with Crippen LogP contribution >= 0.6 is 0 Å². The van der Waals surface area contributed by atoms with Crippen LogP contribution in [0.25, 0.3) is 0 Å². The van der Waals surface area contributed by atoms with Crippen LogP contribution in [0.4, 0.5) is 4.79 Å². The summed E-state index contributed by atoms with van der Waals surface area (Å²) in [7, 11) is 0. The maximum atomic E-state index is 10.3. The van der Waals surface area contributed by atoms with Gasteiger partial charge in [-0.2, -0.15) is 5.06 Å². The van der Waals surface area contributed by atoms with E-state index in [0.717, 1.165) is 5.06 Å². The first-order valence-electron chi connectivity index (χ1n) is 2.10. The first-order valence-corrected chi connectivity index (χ1v) is 2.10. The average molecular weight is 114 g/mol. The molecule has 0 aromatic heterocycles. The van der Waals surface area contributed by atoms with E-state index in [4.69, 9.17) is 0 Å². The molecule has 5 nitrogen and oxygen atoms in total. The second kappa shape index (κ2) is 0.851. The highest BCUT2D eigenvalue weighted by atomic mass is 16.9. The molecule has 42 valence electrons. The molecule has 3 amide bonds. The fourth-order valence-electron chi connectivity index (χ4n) is 0.611. The number of hydrogen-bond donors (Lipinski definition) is 1. The predicted octanol–water partition coefficient (Wildman–Crippen LogP) is -1.19. The molecular weight excluding hydrogens is 112 g/mol. The summed E-state index contributed by atoms with van der Waals surface area (Å²) in [6, 6.07) is -0.458. The van der Waals surface area contributed by atoms with Crippen LogP contribution in [0.3, 0.4) is 0 Å². The zero-order valence-corrected chi connectivity index (χ0v) is 3.75. The standard InChI is InChI=1S/C3H2N2O3/c6-1-2-5(8-2)3(7)4-1/h2H,(H,4,6,7). The van der Waals surface area contributed by atoms with Gasteiger partial charge in [0.05, 0.1) is 0 Å². The average Bonchev–Trinajstić information content (AvgIpc) is 2.35. The number of nitrogens with zero attached hydrogens (tertiary/aromatic N) is 1. The van der Waals surface area contributed by atoms with Crippen LogP contribution in [0, 0.1) is 0 Å². The van der Waals surface area contributed by atoms with Gasteiger partial charge < -0.3 is 0 Å². The largest absolute Gasteiger partial charge is 0.351 e. The predicted molar refractivity (Wildman–Crippen MR) is 20.3 cm³/mol. The van der Waals surface area contributed by atoms with Crippen molar-refractivity contribution in [2.24, 2.45) is 0 Å². The summed E-state index contributed by atoms with van der Waals surface area (Å²) in [6.45, 7) is 0. The van der Waals surface area contributed by atoms with E-state index in [-0.39, 0.29) is 5.91 Å². The number of imide groups is 1. The van der Waals surface area contributed by atoms with Gasteiger partial charge in [0, 0.05) is 0 Å². The minimum absolute atomic E-state index is 0.366. The lowest BCUT2D eigenvalue weighted by Crippen LogP contribution is -2.26. The Kier molecular flexibility index (Phi) is 0.410. The number of hydrogen-bond acceptors (Lipinski definition) is 3. The maximum Gasteiger partial charge on any atom is 0.351 e. The van der Waals surface area contributed by atoms with E-state index >= 15 is 0 Å². The molecule has 2 aliphatic heterocycles. The van der Waals surface area contributed by atoms with Gasteiger partial charge in [-0.05, 0) is 0 Å². The Bertz CT molecular complexity index is 159. The van der Waals surface area contributed by atoms with Crippen molar-refractivity contribution in [1.82, 2.24) is 10.4 Å². The molecule has 2 fully saturated rings. The normalized spacial score (nSPS) is 32.5. The molecule has 1 N–H and O–H groups in total. The van der Waals surface area contributed by atoms with Crippen LogP contribution in [0.15, 0.2) is 0 Å². The van der Waals surface area contributed by atoms with Gasteiger partial charge in [-0.25, -0.2) is 9.63 Å². The summed E-state index contributed by atoms with van der Waals surface area (Å²) in [4.78, 5) is 25.1. The van der Waals surface area contributed by atoms with E-state index < -0.39 is 12.3 Å². The Morgan fingerprint density at radius 1 is 1.62 bits per heavy atom. The van der Waals surface area contributed by atoms with Crippen molar-refractivity contribution in [2.75, 3.05) is 0 Å². The minimum atomic E-state index is -0.609. The number of nitrogens with one attached hydrogen (secondary N) is 1. The molecule has 5 heteroatoms. The zero-order chi connectivity index (χ0) is 5.72. The zero-order valence-electron chi connectivity index (χ0n) is 3.75. The number of hydroxylamine groups is 2. The Balaban J connectivity index is 2.31. The van der Waals surface area contributed by atoms with Crippen LogP contribution < -0.4 is 5.32 Å². The molecule has 1 unspecified atom stereocenters. The van der Waals surface area contributed by atoms with Crippen LogP contribution in [0.5, 0.6) is 0 Å². The molecule has 0 spiro atoms. The third-order valence-electron chi connectivity index (χ3n) is 1.04. The first-order chi connectivity index (χ1) is 3.79. The molecule has 2 aliphatic rings. The van der Waals surface area contributed by atoms with Crippen molar-refractivity contribution in [2.45, 2.75) is 6.23 Å². The lowest BCUT2D eigenvalue weighted by Gasteiger charge is -1.87. The Morgan fingerprint density at radius 2 is 2.38 bits per heavy atom. The highest BCUT2D eigenvalue weighted by Gasteiger charge is 2.54. The molecule has 0 aliphatic carbocycles. The SMILES string of the molecule is O=C1NC(=O)N2OC12. The van der Waals surface area contributed by atoms with Gasteiger partial charge in [0.1, 0.15) is 0 Å². The number of amides is 3. The summed E-state index contributed by atoms with van der Waals surface area (Å²) < 4.78 is 0. The van der Waals surface area contributed by atoms with E-state index in [9.17, 15) is 9.59 Å². The molecular formula is C3H2N2O3. The lowest BCUT2D eigenvalue weighted by molar-refractivity contribution is -0.120. The van der Waals surface area contributed by atoms with Crippen molar-refractivity contribution < 1.29 is 14.4 Å². The summed E-state index contributed by atoms with van der Waals surface area (Å²) in [6.07, 6.45) is -0.609. The summed E-state index contributed by atoms with van der Waals surface area (Å²) in [5, 5.41) is 3.03. The summed E-state index contributed by atoms with van der Waals surface area (Å²) in [5.41, 5.74) is 0. The van der Waals surface area contributed by atoms with Crippen molar-refractivity contribution in [3.05, 3.63) is 0 Å². The Morgan fingerprint density at radius 3 is 2.50 bits per heavy atom. The van der Waals surface area contributed by atoms with Crippen molar-refractivity contribution in [1.29, 1.82) is 0 Å². The fraction of sp³-hybridized carbons (Fsp3) is 0.333. The van der Waals surface area contributed by atoms with Gasteiger partial charge in [0.25, 0.3) is 12.1 Å². The van der Waals surface area contributed by atoms with Crippen molar-refractivity contribution in [3.63, 3.8) is 0 Å². The van der Waals surface area contributed by atoms with Gasteiger partial charge in [0.2, 0.25) is 0 Å². The topological polar surface area (TPSA) is 61.7 Å². The smallest absolute Gasteiger partial charge is 0.272 e. The molecule has 0 radical (unpaired) electrons. The second-order valence-electron chi connectivity index (χ2n) is 1.58. The Hall–Kier alpha value is -1.10. The lowest BCUT2D eigenvalue weighted by atomic mass is 10.6. The number of carbonyl (C=O) groups is 2. The van der Waals surface area contributed by atoms with Crippen LogP contribution in [-0.2, 0) is 9.63 Å². The van der Waals surface area contributed by atoms with Crippen molar-refractivity contribution >= 4 is 11.9 Å². The molecule has 0 aromatic rings. The van der Waals surface area contributed by atoms with E-state index in [1.54, 1.807) is 0 Å². The van der Waals surface area contributed by atoms with Gasteiger partial charge in [-0.15, -0.1) is 0 Å². The monoisotopic (exact) mass is 114 g/mol. The van der Waals surface area contributed by atoms with Crippen molar-refractivity contribution in [3.8, 4) is 0 Å². The molecule has 2 heterocycles. The number of rotatable bonds is 0. The molecule has 2 saturated heterocycles. The maximum absolute atomic E-state index is 10.3. The molecule has 0 aromatic carbocycles. The summed E-state index contributed by atoms with van der Waals surface area (Å²) >= 11 is 0. The highest BCUT2D eigenvalue weighted by molar-refractivity contribution is 6.05. The van der Waals surface area contributed by atoms with E-state index in [2.05, 4.69) is 4.84 Å². The molecule has 2 rings (SSSR count). The first kappa shape index (κ1) is 3.85. The van der Waals surface area contributed by atoms with Gasteiger partial charge >= 0.3 is 6.03 Å². The second-order valence-corrected chi connectivity index (χ2v) is 1.58. The summed E-state index contributed by atoms with van der Waals surface area (Å²) in [5.74, 6) is -0.366. The van der Waals surface area contributed by atoms with E-state index in [1.807, 2.05) is 5.32 Å². The molecule has 0 bridgehead atoms. The van der Waals surface area contributed by atoms with Crippen LogP contribution in [0.1, 0.15) is 0 Å². The van der Waals surface area contributed by atoms with E-state index in [1.165, 1.54) is 0 Å². The van der Waals surface area contributed by atoms with Crippen LogP contribution in [0.2, 0.25) is 0 Å². The quantitative estimate of drug-likeness (QED) is 0.318.